The maximum atomic E-state index is 12.7. The Morgan fingerprint density at radius 1 is 1.16 bits per heavy atom. The zero-order chi connectivity index (χ0) is 17.4. The number of imidazole rings is 1. The van der Waals surface area contributed by atoms with Crippen LogP contribution in [0.25, 0.3) is 16.7 Å². The molecule has 1 aliphatic rings. The monoisotopic (exact) mass is 335 g/mol. The van der Waals surface area contributed by atoms with Crippen molar-refractivity contribution in [3.05, 3.63) is 60.4 Å². The first kappa shape index (κ1) is 15.8. The molecule has 128 valence electrons. The quantitative estimate of drug-likeness (QED) is 0.783. The molecule has 1 fully saturated rings. The summed E-state index contributed by atoms with van der Waals surface area (Å²) in [4.78, 5) is 18.8. The molecule has 1 aliphatic heterocycles. The minimum Gasteiger partial charge on any atom is -0.391 e. The summed E-state index contributed by atoms with van der Waals surface area (Å²) in [5, 5.41) is 10.0. The van der Waals surface area contributed by atoms with Gasteiger partial charge in [-0.25, -0.2) is 4.98 Å². The molecule has 0 bridgehead atoms. The third-order valence-corrected chi connectivity index (χ3v) is 5.05. The van der Waals surface area contributed by atoms with Crippen LogP contribution in [0.4, 0.5) is 0 Å². The number of hydrogen-bond acceptors (Lipinski definition) is 3. The minimum atomic E-state index is -0.436. The van der Waals surface area contributed by atoms with Gasteiger partial charge in [-0.05, 0) is 48.7 Å². The lowest BCUT2D eigenvalue weighted by molar-refractivity contribution is 0.0248. The van der Waals surface area contributed by atoms with E-state index in [2.05, 4.69) is 4.98 Å². The third kappa shape index (κ3) is 2.91. The summed E-state index contributed by atoms with van der Waals surface area (Å²) >= 11 is 0. The Labute approximate surface area is 146 Å². The van der Waals surface area contributed by atoms with Gasteiger partial charge in [-0.2, -0.15) is 0 Å². The van der Waals surface area contributed by atoms with Gasteiger partial charge in [0.15, 0.2) is 0 Å². The first-order valence-corrected chi connectivity index (χ1v) is 8.63. The first-order chi connectivity index (χ1) is 12.1. The van der Waals surface area contributed by atoms with Crippen LogP contribution in [-0.2, 0) is 0 Å². The molecule has 0 aliphatic carbocycles. The second-order valence-electron chi connectivity index (χ2n) is 6.73. The van der Waals surface area contributed by atoms with Gasteiger partial charge in [-0.15, -0.1) is 0 Å². The number of piperidine rings is 1. The van der Waals surface area contributed by atoms with Crippen molar-refractivity contribution in [3.8, 4) is 5.69 Å². The molecule has 2 aromatic carbocycles. The topological polar surface area (TPSA) is 58.4 Å². The van der Waals surface area contributed by atoms with Gasteiger partial charge in [-0.3, -0.25) is 9.36 Å². The smallest absolute Gasteiger partial charge is 0.253 e. The number of β-amino-alcohol motifs (C(OH)–C–C–N with tert-alkyl or cyclic N) is 1. The molecular weight excluding hydrogens is 314 g/mol. The lowest BCUT2D eigenvalue weighted by Crippen LogP contribution is -2.45. The minimum absolute atomic E-state index is 0.0204. The third-order valence-electron chi connectivity index (χ3n) is 5.05. The largest absolute Gasteiger partial charge is 0.391 e. The molecule has 0 saturated carbocycles. The van der Waals surface area contributed by atoms with E-state index in [4.69, 9.17) is 0 Å². The Bertz CT molecular complexity index is 901. The lowest BCUT2D eigenvalue weighted by Gasteiger charge is -2.34. The Morgan fingerprint density at radius 2 is 1.92 bits per heavy atom. The number of rotatable bonds is 2. The Kier molecular flexibility index (Phi) is 4.01. The molecule has 2 heterocycles. The number of carbonyl (C=O) groups is 1. The fourth-order valence-electron chi connectivity index (χ4n) is 3.35. The van der Waals surface area contributed by atoms with E-state index in [9.17, 15) is 9.90 Å². The predicted molar refractivity (Wildman–Crippen MR) is 96.8 cm³/mol. The lowest BCUT2D eigenvalue weighted by atomic mass is 9.95. The zero-order valence-electron chi connectivity index (χ0n) is 14.2. The highest BCUT2D eigenvalue weighted by Gasteiger charge is 2.27. The van der Waals surface area contributed by atoms with Crippen LogP contribution < -0.4 is 0 Å². The summed E-state index contributed by atoms with van der Waals surface area (Å²) in [5.41, 5.74) is 3.60. The van der Waals surface area contributed by atoms with E-state index in [-0.39, 0.29) is 11.8 Å². The number of benzene rings is 2. The summed E-state index contributed by atoms with van der Waals surface area (Å²) in [5.74, 6) is 0.230. The predicted octanol–water partition coefficient (Wildman–Crippen LogP) is 2.87. The number of aliphatic hydroxyl groups excluding tert-OH is 1. The molecule has 1 saturated heterocycles. The second kappa shape index (κ2) is 6.33. The van der Waals surface area contributed by atoms with Crippen molar-refractivity contribution < 1.29 is 9.90 Å². The fraction of sp³-hybridized carbons (Fsp3) is 0.300. The molecule has 0 radical (unpaired) electrons. The van der Waals surface area contributed by atoms with E-state index in [1.807, 2.05) is 60.0 Å². The molecule has 1 amide bonds. The number of likely N-dealkylation sites (tertiary alicyclic amines) is 1. The molecule has 25 heavy (non-hydrogen) atoms. The fourth-order valence-corrected chi connectivity index (χ4v) is 3.35. The number of aromatic nitrogens is 2. The van der Waals surface area contributed by atoms with Crippen LogP contribution in [0.2, 0.25) is 0 Å². The molecule has 4 rings (SSSR count). The van der Waals surface area contributed by atoms with Gasteiger partial charge in [0.25, 0.3) is 5.91 Å². The van der Waals surface area contributed by atoms with Crippen LogP contribution >= 0.6 is 0 Å². The SMILES string of the molecule is CC1CCN(C(=O)c2ccc(-n3cnc4ccccc43)cc2)CC1O. The molecule has 1 N–H and O–H groups in total. The van der Waals surface area contributed by atoms with Crippen molar-refractivity contribution in [1.82, 2.24) is 14.5 Å². The van der Waals surface area contributed by atoms with Crippen molar-refractivity contribution in [2.45, 2.75) is 19.4 Å². The Morgan fingerprint density at radius 3 is 2.68 bits per heavy atom. The molecule has 5 heteroatoms. The summed E-state index contributed by atoms with van der Waals surface area (Å²) in [6, 6.07) is 15.5. The maximum absolute atomic E-state index is 12.7. The van der Waals surface area contributed by atoms with Crippen LogP contribution in [0.5, 0.6) is 0 Å². The molecule has 5 nitrogen and oxygen atoms in total. The van der Waals surface area contributed by atoms with Gasteiger partial charge in [-0.1, -0.05) is 19.1 Å². The zero-order valence-corrected chi connectivity index (χ0v) is 14.2. The van der Waals surface area contributed by atoms with Gasteiger partial charge >= 0.3 is 0 Å². The van der Waals surface area contributed by atoms with Crippen molar-refractivity contribution in [2.75, 3.05) is 13.1 Å². The number of fused-ring (bicyclic) bond motifs is 1. The van der Waals surface area contributed by atoms with E-state index in [1.54, 1.807) is 11.2 Å². The molecule has 2 atom stereocenters. The van der Waals surface area contributed by atoms with Gasteiger partial charge in [0.2, 0.25) is 0 Å². The van der Waals surface area contributed by atoms with Gasteiger partial charge in [0, 0.05) is 24.3 Å². The molecular formula is C20H21N3O2. The van der Waals surface area contributed by atoms with Gasteiger partial charge in [0.1, 0.15) is 6.33 Å². The number of carbonyl (C=O) groups excluding carboxylic acids is 1. The normalized spacial score (nSPS) is 20.8. The summed E-state index contributed by atoms with van der Waals surface area (Å²) in [7, 11) is 0. The number of para-hydroxylation sites is 2. The average Bonchev–Trinajstić information content (AvgIpc) is 3.08. The highest BCUT2D eigenvalue weighted by atomic mass is 16.3. The van der Waals surface area contributed by atoms with Crippen molar-refractivity contribution in [3.63, 3.8) is 0 Å². The van der Waals surface area contributed by atoms with Crippen LogP contribution in [0, 0.1) is 5.92 Å². The average molecular weight is 335 g/mol. The van der Waals surface area contributed by atoms with Crippen molar-refractivity contribution >= 4 is 16.9 Å². The number of aliphatic hydroxyl groups is 1. The number of amides is 1. The van der Waals surface area contributed by atoms with Crippen LogP contribution in [0.15, 0.2) is 54.9 Å². The first-order valence-electron chi connectivity index (χ1n) is 8.63. The van der Waals surface area contributed by atoms with E-state index < -0.39 is 6.10 Å². The Hall–Kier alpha value is -2.66. The van der Waals surface area contributed by atoms with Crippen LogP contribution in [0.3, 0.4) is 0 Å². The standard InChI is InChI=1S/C20H21N3O2/c1-14-10-11-22(12-19(14)24)20(25)15-6-8-16(9-7-15)23-13-21-17-4-2-3-5-18(17)23/h2-9,13-14,19,24H,10-12H2,1H3. The highest BCUT2D eigenvalue weighted by molar-refractivity contribution is 5.94. The van der Waals surface area contributed by atoms with Crippen LogP contribution in [-0.4, -0.2) is 44.7 Å². The van der Waals surface area contributed by atoms with Crippen molar-refractivity contribution in [1.29, 1.82) is 0 Å². The van der Waals surface area contributed by atoms with E-state index in [1.165, 1.54) is 0 Å². The molecule has 3 aromatic rings. The summed E-state index contributed by atoms with van der Waals surface area (Å²) in [6.07, 6.45) is 2.20. The van der Waals surface area contributed by atoms with Crippen molar-refractivity contribution in [2.24, 2.45) is 5.92 Å². The maximum Gasteiger partial charge on any atom is 0.253 e. The van der Waals surface area contributed by atoms with Gasteiger partial charge < -0.3 is 10.0 Å². The van der Waals surface area contributed by atoms with Gasteiger partial charge in [0.05, 0.1) is 17.1 Å². The Balaban J connectivity index is 1.57. The molecule has 1 aromatic heterocycles. The van der Waals surface area contributed by atoms with Crippen LogP contribution in [0.1, 0.15) is 23.7 Å². The number of hydrogen-bond donors (Lipinski definition) is 1. The van der Waals surface area contributed by atoms with E-state index in [0.717, 1.165) is 23.1 Å². The number of nitrogens with zero attached hydrogens (tertiary/aromatic N) is 3. The highest BCUT2D eigenvalue weighted by Crippen LogP contribution is 2.21. The second-order valence-corrected chi connectivity index (χ2v) is 6.73. The van der Waals surface area contributed by atoms with E-state index in [0.29, 0.717) is 18.7 Å². The summed E-state index contributed by atoms with van der Waals surface area (Å²) < 4.78 is 2.01. The summed E-state index contributed by atoms with van der Waals surface area (Å²) in [6.45, 7) is 3.13. The van der Waals surface area contributed by atoms with E-state index >= 15 is 0 Å². The molecule has 2 unspecified atom stereocenters. The molecule has 0 spiro atoms.